The number of nitrogens with zero attached hydrogens (tertiary/aromatic N) is 6. The standard InChI is InChI=1S/C26H31ClN6O2/c27-21-9-7-20(8-10-21)25(26-28-29-30-33(26)22-4-2-1-3-5-22)32-14-12-31(13-15-32)17-19-6-11-23-24(16-19)35-18-34-23/h6-11,16,22,25H,1-5,12-15,17-18H2/t25-/m1/s1. The Morgan fingerprint density at radius 1 is 0.914 bits per heavy atom. The van der Waals surface area contributed by atoms with Crippen molar-refractivity contribution in [1.82, 2.24) is 30.0 Å². The third-order valence-corrected chi connectivity index (χ3v) is 7.74. The summed E-state index contributed by atoms with van der Waals surface area (Å²) in [5.74, 6) is 2.63. The second-order valence-corrected chi connectivity index (χ2v) is 10.2. The van der Waals surface area contributed by atoms with Crippen molar-refractivity contribution in [2.75, 3.05) is 33.0 Å². The maximum Gasteiger partial charge on any atom is 0.231 e. The molecule has 1 saturated heterocycles. The molecule has 184 valence electrons. The van der Waals surface area contributed by atoms with Gasteiger partial charge >= 0.3 is 0 Å². The van der Waals surface area contributed by atoms with Gasteiger partial charge in [-0.3, -0.25) is 9.80 Å². The van der Waals surface area contributed by atoms with Crippen LogP contribution < -0.4 is 9.47 Å². The van der Waals surface area contributed by atoms with Gasteiger partial charge in [0.25, 0.3) is 0 Å². The first-order valence-electron chi connectivity index (χ1n) is 12.6. The summed E-state index contributed by atoms with van der Waals surface area (Å²) >= 11 is 6.23. The summed E-state index contributed by atoms with van der Waals surface area (Å²) in [5, 5.41) is 13.9. The molecule has 2 fully saturated rings. The van der Waals surface area contributed by atoms with Gasteiger partial charge in [0.1, 0.15) is 0 Å². The summed E-state index contributed by atoms with van der Waals surface area (Å²) in [6.45, 7) is 5.04. The molecule has 9 heteroatoms. The molecule has 8 nitrogen and oxygen atoms in total. The lowest BCUT2D eigenvalue weighted by Gasteiger charge is -2.39. The van der Waals surface area contributed by atoms with E-state index in [-0.39, 0.29) is 6.04 Å². The minimum atomic E-state index is 0.0110. The first-order chi connectivity index (χ1) is 17.2. The maximum absolute atomic E-state index is 6.23. The molecule has 1 atom stereocenters. The Bertz CT molecular complexity index is 1140. The molecule has 0 N–H and O–H groups in total. The molecule has 0 spiro atoms. The van der Waals surface area contributed by atoms with E-state index in [2.05, 4.69) is 54.3 Å². The van der Waals surface area contributed by atoms with E-state index in [9.17, 15) is 0 Å². The Morgan fingerprint density at radius 3 is 2.49 bits per heavy atom. The van der Waals surface area contributed by atoms with E-state index in [4.69, 9.17) is 21.1 Å². The van der Waals surface area contributed by atoms with Crippen LogP contribution in [0.5, 0.6) is 11.5 Å². The van der Waals surface area contributed by atoms with E-state index >= 15 is 0 Å². The van der Waals surface area contributed by atoms with E-state index in [1.54, 1.807) is 0 Å². The molecule has 3 aliphatic rings. The number of fused-ring (bicyclic) bond motifs is 1. The number of rotatable bonds is 6. The number of aromatic nitrogens is 4. The van der Waals surface area contributed by atoms with Crippen molar-refractivity contribution in [3.05, 3.63) is 64.4 Å². The van der Waals surface area contributed by atoms with Gasteiger partial charge in [0.2, 0.25) is 6.79 Å². The molecule has 1 aliphatic carbocycles. The molecule has 0 unspecified atom stereocenters. The van der Waals surface area contributed by atoms with Crippen LogP contribution in [0, 0.1) is 0 Å². The monoisotopic (exact) mass is 494 g/mol. The van der Waals surface area contributed by atoms with Gasteiger partial charge in [0.05, 0.1) is 12.1 Å². The van der Waals surface area contributed by atoms with Crippen molar-refractivity contribution in [1.29, 1.82) is 0 Å². The van der Waals surface area contributed by atoms with Crippen LogP contribution in [0.3, 0.4) is 0 Å². The highest BCUT2D eigenvalue weighted by atomic mass is 35.5. The number of hydrogen-bond donors (Lipinski definition) is 0. The van der Waals surface area contributed by atoms with E-state index in [1.165, 1.54) is 30.4 Å². The summed E-state index contributed by atoms with van der Waals surface area (Å²) in [6.07, 6.45) is 6.09. The van der Waals surface area contributed by atoms with Crippen LogP contribution >= 0.6 is 11.6 Å². The van der Waals surface area contributed by atoms with Gasteiger partial charge in [-0.1, -0.05) is 49.1 Å². The Hall–Kier alpha value is -2.68. The van der Waals surface area contributed by atoms with Crippen LogP contribution in [0.15, 0.2) is 42.5 Å². The normalized spacial score (nSPS) is 20.3. The van der Waals surface area contributed by atoms with Crippen molar-refractivity contribution < 1.29 is 9.47 Å². The number of benzene rings is 2. The Kier molecular flexibility index (Phi) is 6.59. The van der Waals surface area contributed by atoms with E-state index in [1.807, 2.05) is 18.2 Å². The second-order valence-electron chi connectivity index (χ2n) is 9.73. The average Bonchev–Trinajstić information content (AvgIpc) is 3.57. The van der Waals surface area contributed by atoms with Crippen LogP contribution in [0.2, 0.25) is 5.02 Å². The lowest BCUT2D eigenvalue weighted by molar-refractivity contribution is 0.0986. The fraction of sp³-hybridized carbons (Fsp3) is 0.500. The number of tetrazole rings is 1. The smallest absolute Gasteiger partial charge is 0.231 e. The molecule has 2 aliphatic heterocycles. The first kappa shape index (κ1) is 22.8. The highest BCUT2D eigenvalue weighted by Gasteiger charge is 2.32. The van der Waals surface area contributed by atoms with Crippen LogP contribution in [0.4, 0.5) is 0 Å². The molecule has 2 aromatic carbocycles. The summed E-state index contributed by atoms with van der Waals surface area (Å²) < 4.78 is 13.1. The molecule has 1 saturated carbocycles. The third kappa shape index (κ3) is 4.87. The first-order valence-corrected chi connectivity index (χ1v) is 13.0. The van der Waals surface area contributed by atoms with Gasteiger partial charge in [-0.2, -0.15) is 0 Å². The molecule has 3 aromatic rings. The molecule has 3 heterocycles. The minimum absolute atomic E-state index is 0.0110. The molecular weight excluding hydrogens is 464 g/mol. The highest BCUT2D eigenvalue weighted by Crippen LogP contribution is 2.35. The van der Waals surface area contributed by atoms with E-state index in [0.717, 1.165) is 67.9 Å². The van der Waals surface area contributed by atoms with Gasteiger partial charge in [-0.25, -0.2) is 4.68 Å². The number of hydrogen-bond acceptors (Lipinski definition) is 7. The summed E-state index contributed by atoms with van der Waals surface area (Å²) in [4.78, 5) is 5.02. The minimum Gasteiger partial charge on any atom is -0.454 e. The van der Waals surface area contributed by atoms with Crippen LogP contribution in [-0.2, 0) is 6.54 Å². The predicted octanol–water partition coefficient (Wildman–Crippen LogP) is 4.47. The lowest BCUT2D eigenvalue weighted by Crippen LogP contribution is -2.48. The number of ether oxygens (including phenoxy) is 2. The third-order valence-electron chi connectivity index (χ3n) is 7.48. The summed E-state index contributed by atoms with van der Waals surface area (Å²) in [6, 6.07) is 14.8. The van der Waals surface area contributed by atoms with Gasteiger partial charge in [-0.15, -0.1) is 5.10 Å². The zero-order chi connectivity index (χ0) is 23.6. The molecule has 6 rings (SSSR count). The molecule has 35 heavy (non-hydrogen) atoms. The van der Waals surface area contributed by atoms with Crippen LogP contribution in [0.1, 0.15) is 61.1 Å². The maximum atomic E-state index is 6.23. The molecule has 0 radical (unpaired) electrons. The number of halogens is 1. The fourth-order valence-electron chi connectivity index (χ4n) is 5.61. The fourth-order valence-corrected chi connectivity index (χ4v) is 5.74. The van der Waals surface area contributed by atoms with Gasteiger partial charge in [0, 0.05) is 37.7 Å². The van der Waals surface area contributed by atoms with Crippen molar-refractivity contribution in [2.24, 2.45) is 0 Å². The van der Waals surface area contributed by atoms with Crippen molar-refractivity contribution >= 4 is 11.6 Å². The quantitative estimate of drug-likeness (QED) is 0.500. The van der Waals surface area contributed by atoms with Gasteiger partial charge in [-0.05, 0) is 58.7 Å². The highest BCUT2D eigenvalue weighted by molar-refractivity contribution is 6.30. The Labute approximate surface area is 210 Å². The van der Waals surface area contributed by atoms with Crippen molar-refractivity contribution in [3.8, 4) is 11.5 Å². The molecule has 0 amide bonds. The SMILES string of the molecule is Clc1ccc([C@H](c2nnnn2C2CCCCC2)N2CCN(Cc3ccc4c(c3)OCO4)CC2)cc1. The van der Waals surface area contributed by atoms with Crippen molar-refractivity contribution in [3.63, 3.8) is 0 Å². The van der Waals surface area contributed by atoms with E-state index in [0.29, 0.717) is 12.8 Å². The zero-order valence-corrected chi connectivity index (χ0v) is 20.6. The topological polar surface area (TPSA) is 68.5 Å². The van der Waals surface area contributed by atoms with E-state index < -0.39 is 0 Å². The predicted molar refractivity (Wildman–Crippen MR) is 133 cm³/mol. The second kappa shape index (κ2) is 10.1. The summed E-state index contributed by atoms with van der Waals surface area (Å²) in [5.41, 5.74) is 2.43. The van der Waals surface area contributed by atoms with Gasteiger partial charge < -0.3 is 9.47 Å². The number of piperazine rings is 1. The van der Waals surface area contributed by atoms with Gasteiger partial charge in [0.15, 0.2) is 17.3 Å². The van der Waals surface area contributed by atoms with Crippen LogP contribution in [-0.4, -0.2) is 63.0 Å². The average molecular weight is 495 g/mol. The molecule has 0 bridgehead atoms. The molecular formula is C26H31ClN6O2. The summed E-state index contributed by atoms with van der Waals surface area (Å²) in [7, 11) is 0. The lowest BCUT2D eigenvalue weighted by atomic mass is 9.95. The van der Waals surface area contributed by atoms with Crippen molar-refractivity contribution in [2.45, 2.75) is 50.7 Å². The largest absolute Gasteiger partial charge is 0.454 e. The molecule has 1 aromatic heterocycles. The Morgan fingerprint density at radius 2 is 1.69 bits per heavy atom. The Balaban J connectivity index is 1.20. The zero-order valence-electron chi connectivity index (χ0n) is 19.9. The van der Waals surface area contributed by atoms with Crippen LogP contribution in [0.25, 0.3) is 0 Å².